The third-order valence-corrected chi connectivity index (χ3v) is 3.10. The summed E-state index contributed by atoms with van der Waals surface area (Å²) in [6, 6.07) is 4.57. The Kier molecular flexibility index (Phi) is 3.50. The number of phenols is 1. The highest BCUT2D eigenvalue weighted by atomic mass is 16.5. The molecule has 96 valence electrons. The quantitative estimate of drug-likeness (QED) is 0.473. The number of amidine groups is 1. The summed E-state index contributed by atoms with van der Waals surface area (Å²) in [5, 5.41) is 17.7. The molecule has 0 aliphatic carbocycles. The van der Waals surface area contributed by atoms with Crippen LogP contribution < -0.4 is 0 Å². The number of hydrogen-bond acceptors (Lipinski definition) is 4. The van der Waals surface area contributed by atoms with Gasteiger partial charge >= 0.3 is 5.97 Å². The Morgan fingerprint density at radius 1 is 1.39 bits per heavy atom. The van der Waals surface area contributed by atoms with E-state index in [9.17, 15) is 9.90 Å². The van der Waals surface area contributed by atoms with Crippen LogP contribution in [0.2, 0.25) is 0 Å². The van der Waals surface area contributed by atoms with Crippen LogP contribution in [-0.4, -0.2) is 42.0 Å². The zero-order valence-electron chi connectivity index (χ0n) is 10.3. The summed E-state index contributed by atoms with van der Waals surface area (Å²) in [6.07, 6.45) is 2.18. The van der Waals surface area contributed by atoms with Gasteiger partial charge in [0.2, 0.25) is 0 Å². The first-order valence-corrected chi connectivity index (χ1v) is 5.88. The summed E-state index contributed by atoms with van der Waals surface area (Å²) < 4.78 is 4.59. The molecule has 0 aromatic heterocycles. The number of carbonyl (C=O) groups is 1. The molecule has 0 saturated carbocycles. The minimum atomic E-state index is -0.594. The van der Waals surface area contributed by atoms with Gasteiger partial charge in [-0.1, -0.05) is 0 Å². The van der Waals surface area contributed by atoms with Crippen LogP contribution in [0, 0.1) is 5.41 Å². The van der Waals surface area contributed by atoms with E-state index < -0.39 is 5.97 Å². The molecule has 2 N–H and O–H groups in total. The van der Waals surface area contributed by atoms with E-state index in [4.69, 9.17) is 5.41 Å². The van der Waals surface area contributed by atoms with Gasteiger partial charge in [0.05, 0.1) is 7.11 Å². The van der Waals surface area contributed by atoms with E-state index in [1.54, 1.807) is 6.07 Å². The third-order valence-electron chi connectivity index (χ3n) is 3.10. The van der Waals surface area contributed by atoms with Crippen molar-refractivity contribution in [1.29, 1.82) is 5.41 Å². The number of carbonyl (C=O) groups excluding carboxylic acids is 1. The number of hydrogen-bond donors (Lipinski definition) is 2. The molecule has 0 radical (unpaired) electrons. The second-order valence-corrected chi connectivity index (χ2v) is 4.27. The molecule has 0 spiro atoms. The maximum absolute atomic E-state index is 11.5. The van der Waals surface area contributed by atoms with Crippen molar-refractivity contribution in [1.82, 2.24) is 4.90 Å². The van der Waals surface area contributed by atoms with E-state index in [2.05, 4.69) is 4.74 Å². The molecule has 0 bridgehead atoms. The lowest BCUT2D eigenvalue weighted by molar-refractivity contribution is 0.0597. The maximum atomic E-state index is 11.5. The van der Waals surface area contributed by atoms with E-state index >= 15 is 0 Å². The maximum Gasteiger partial charge on any atom is 0.341 e. The molecule has 1 heterocycles. The van der Waals surface area contributed by atoms with Crippen LogP contribution >= 0.6 is 0 Å². The van der Waals surface area contributed by atoms with Crippen LogP contribution in [0.4, 0.5) is 0 Å². The van der Waals surface area contributed by atoms with Crippen molar-refractivity contribution >= 4 is 11.8 Å². The number of nitrogens with zero attached hydrogens (tertiary/aromatic N) is 1. The fourth-order valence-corrected chi connectivity index (χ4v) is 2.08. The van der Waals surface area contributed by atoms with Gasteiger partial charge in [-0.15, -0.1) is 0 Å². The van der Waals surface area contributed by atoms with Crippen molar-refractivity contribution in [2.75, 3.05) is 20.2 Å². The molecule has 5 nitrogen and oxygen atoms in total. The first-order valence-electron chi connectivity index (χ1n) is 5.88. The monoisotopic (exact) mass is 248 g/mol. The van der Waals surface area contributed by atoms with Crippen molar-refractivity contribution < 1.29 is 14.6 Å². The minimum absolute atomic E-state index is 0.0962. The van der Waals surface area contributed by atoms with Gasteiger partial charge in [-0.05, 0) is 31.0 Å². The second kappa shape index (κ2) is 5.08. The number of likely N-dealkylation sites (tertiary alicyclic amines) is 1. The lowest BCUT2D eigenvalue weighted by atomic mass is 10.1. The van der Waals surface area contributed by atoms with E-state index in [1.165, 1.54) is 19.2 Å². The normalized spacial score (nSPS) is 14.6. The Balaban J connectivity index is 2.28. The van der Waals surface area contributed by atoms with Crippen molar-refractivity contribution in [2.45, 2.75) is 12.8 Å². The zero-order chi connectivity index (χ0) is 13.1. The third kappa shape index (κ3) is 2.30. The molecule has 1 saturated heterocycles. The summed E-state index contributed by atoms with van der Waals surface area (Å²) in [4.78, 5) is 13.4. The Bertz CT molecular complexity index is 479. The molecule has 0 unspecified atom stereocenters. The second-order valence-electron chi connectivity index (χ2n) is 4.27. The smallest absolute Gasteiger partial charge is 0.341 e. The number of esters is 1. The number of rotatable bonds is 2. The molecular formula is C13H16N2O3. The van der Waals surface area contributed by atoms with Crippen molar-refractivity contribution in [2.24, 2.45) is 0 Å². The van der Waals surface area contributed by atoms with E-state index in [0.717, 1.165) is 25.9 Å². The summed E-state index contributed by atoms with van der Waals surface area (Å²) in [7, 11) is 1.26. The fraction of sp³-hybridized carbons (Fsp3) is 0.385. The van der Waals surface area contributed by atoms with Crippen molar-refractivity contribution in [3.8, 4) is 5.75 Å². The molecule has 0 amide bonds. The summed E-state index contributed by atoms with van der Waals surface area (Å²) in [5.74, 6) is -0.332. The number of nitrogens with one attached hydrogen (secondary N) is 1. The first-order chi connectivity index (χ1) is 8.63. The predicted molar refractivity (Wildman–Crippen MR) is 67.1 cm³/mol. The SMILES string of the molecule is COC(=O)c1cc(C(=N)N2CCCC2)ccc1O. The van der Waals surface area contributed by atoms with Gasteiger partial charge < -0.3 is 14.7 Å². The van der Waals surface area contributed by atoms with Crippen LogP contribution in [-0.2, 0) is 4.74 Å². The van der Waals surface area contributed by atoms with Crippen LogP contribution in [0.25, 0.3) is 0 Å². The van der Waals surface area contributed by atoms with E-state index in [0.29, 0.717) is 11.4 Å². The summed E-state index contributed by atoms with van der Waals surface area (Å²) >= 11 is 0. The average Bonchev–Trinajstić information content (AvgIpc) is 2.91. The lowest BCUT2D eigenvalue weighted by Gasteiger charge is -2.18. The highest BCUT2D eigenvalue weighted by Crippen LogP contribution is 2.21. The Labute approximate surface area is 105 Å². The lowest BCUT2D eigenvalue weighted by Crippen LogP contribution is -2.27. The first kappa shape index (κ1) is 12.4. The number of benzene rings is 1. The molecule has 1 aromatic carbocycles. The predicted octanol–water partition coefficient (Wildman–Crippen LogP) is 1.60. The van der Waals surface area contributed by atoms with Crippen LogP contribution in [0.3, 0.4) is 0 Å². The highest BCUT2D eigenvalue weighted by molar-refractivity contribution is 6.00. The molecule has 1 fully saturated rings. The van der Waals surface area contributed by atoms with Crippen molar-refractivity contribution in [3.63, 3.8) is 0 Å². The molecule has 5 heteroatoms. The number of ether oxygens (including phenoxy) is 1. The Morgan fingerprint density at radius 2 is 2.06 bits per heavy atom. The average molecular weight is 248 g/mol. The largest absolute Gasteiger partial charge is 0.507 e. The van der Waals surface area contributed by atoms with Gasteiger partial charge in [0.15, 0.2) is 0 Å². The molecule has 18 heavy (non-hydrogen) atoms. The van der Waals surface area contributed by atoms with Crippen LogP contribution in [0.1, 0.15) is 28.8 Å². The zero-order valence-corrected chi connectivity index (χ0v) is 10.3. The van der Waals surface area contributed by atoms with E-state index in [-0.39, 0.29) is 11.3 Å². The van der Waals surface area contributed by atoms with Gasteiger partial charge in [0.1, 0.15) is 17.1 Å². The molecular weight excluding hydrogens is 232 g/mol. The fourth-order valence-electron chi connectivity index (χ4n) is 2.08. The molecule has 1 aromatic rings. The Morgan fingerprint density at radius 3 is 2.67 bits per heavy atom. The molecule has 1 aliphatic rings. The number of methoxy groups -OCH3 is 1. The van der Waals surface area contributed by atoms with E-state index in [1.807, 2.05) is 4.90 Å². The van der Waals surface area contributed by atoms with Gasteiger partial charge in [0.25, 0.3) is 0 Å². The molecule has 1 aliphatic heterocycles. The Hall–Kier alpha value is -2.04. The van der Waals surface area contributed by atoms with Crippen LogP contribution in [0.5, 0.6) is 5.75 Å². The number of aromatic hydroxyl groups is 1. The standard InChI is InChI=1S/C13H16N2O3/c1-18-13(17)10-8-9(4-5-11(10)16)12(14)15-6-2-3-7-15/h4-5,8,14,16H,2-3,6-7H2,1H3. The summed E-state index contributed by atoms with van der Waals surface area (Å²) in [5.41, 5.74) is 0.717. The topological polar surface area (TPSA) is 73.6 Å². The van der Waals surface area contributed by atoms with Crippen LogP contribution in [0.15, 0.2) is 18.2 Å². The van der Waals surface area contributed by atoms with Crippen molar-refractivity contribution in [3.05, 3.63) is 29.3 Å². The molecule has 2 rings (SSSR count). The minimum Gasteiger partial charge on any atom is -0.507 e. The highest BCUT2D eigenvalue weighted by Gasteiger charge is 2.19. The van der Waals surface area contributed by atoms with Gasteiger partial charge in [-0.2, -0.15) is 0 Å². The summed E-state index contributed by atoms with van der Waals surface area (Å²) in [6.45, 7) is 1.74. The van der Waals surface area contributed by atoms with Gasteiger partial charge in [-0.3, -0.25) is 5.41 Å². The number of phenolic OH excluding ortho intramolecular Hbond substituents is 1. The van der Waals surface area contributed by atoms with Gasteiger partial charge in [0, 0.05) is 18.7 Å². The molecule has 0 atom stereocenters. The van der Waals surface area contributed by atoms with Gasteiger partial charge in [-0.25, -0.2) is 4.79 Å².